The lowest BCUT2D eigenvalue weighted by Crippen LogP contribution is -2.47. The minimum absolute atomic E-state index is 0.00316. The summed E-state index contributed by atoms with van der Waals surface area (Å²) >= 11 is 1.77. The zero-order chi connectivity index (χ0) is 14.0. The van der Waals surface area contributed by atoms with E-state index >= 15 is 0 Å². The maximum absolute atomic E-state index is 6.04. The van der Waals surface area contributed by atoms with E-state index in [9.17, 15) is 0 Å². The van der Waals surface area contributed by atoms with E-state index in [1.165, 1.54) is 5.01 Å². The standard InChI is InChI=1S/C15H24N2O2S/c1-11-9-20-14(17-11)7-13(16-2)12-3-5-19-15(8-12)4-6-18-10-15/h9,12-13,16H,3-8,10H2,1-2H3. The molecular weight excluding hydrogens is 272 g/mol. The Morgan fingerprint density at radius 3 is 3.10 bits per heavy atom. The van der Waals surface area contributed by atoms with Crippen LogP contribution in [0.1, 0.15) is 30.0 Å². The SMILES string of the molecule is CNC(Cc1nc(C)cs1)C1CCOC2(CCOC2)C1. The predicted molar refractivity (Wildman–Crippen MR) is 80.2 cm³/mol. The summed E-state index contributed by atoms with van der Waals surface area (Å²) in [4.78, 5) is 4.60. The summed E-state index contributed by atoms with van der Waals surface area (Å²) in [6.07, 6.45) is 4.33. The second-order valence-corrected chi connectivity index (χ2v) is 7.01. The summed E-state index contributed by atoms with van der Waals surface area (Å²) in [5.41, 5.74) is 1.13. The number of thiazole rings is 1. The maximum atomic E-state index is 6.04. The minimum atomic E-state index is -0.00316. The predicted octanol–water partition coefficient (Wildman–Crippen LogP) is 2.17. The molecule has 2 fully saturated rings. The van der Waals surface area contributed by atoms with Crippen molar-refractivity contribution >= 4 is 11.3 Å². The number of hydrogen-bond acceptors (Lipinski definition) is 5. The second kappa shape index (κ2) is 6.10. The third kappa shape index (κ3) is 3.06. The van der Waals surface area contributed by atoms with Crippen LogP contribution in [0.4, 0.5) is 0 Å². The lowest BCUT2D eigenvalue weighted by Gasteiger charge is -2.40. The molecule has 112 valence electrons. The third-order valence-corrected chi connectivity index (χ3v) is 5.59. The van der Waals surface area contributed by atoms with E-state index in [4.69, 9.17) is 9.47 Å². The molecule has 3 heterocycles. The summed E-state index contributed by atoms with van der Waals surface area (Å²) in [6.45, 7) is 4.55. The summed E-state index contributed by atoms with van der Waals surface area (Å²) < 4.78 is 11.6. The molecule has 1 spiro atoms. The fourth-order valence-electron chi connectivity index (χ4n) is 3.46. The van der Waals surface area contributed by atoms with Crippen LogP contribution in [0.15, 0.2) is 5.38 Å². The molecule has 0 saturated carbocycles. The largest absolute Gasteiger partial charge is 0.378 e. The van der Waals surface area contributed by atoms with Crippen LogP contribution in [-0.2, 0) is 15.9 Å². The molecule has 1 aromatic heterocycles. The van der Waals surface area contributed by atoms with Crippen LogP contribution in [-0.4, -0.2) is 43.5 Å². The average Bonchev–Trinajstić information content (AvgIpc) is 3.06. The highest BCUT2D eigenvalue weighted by Gasteiger charge is 2.42. The molecule has 5 heteroatoms. The zero-order valence-electron chi connectivity index (χ0n) is 12.4. The molecule has 0 aliphatic carbocycles. The van der Waals surface area contributed by atoms with Crippen molar-refractivity contribution in [1.82, 2.24) is 10.3 Å². The van der Waals surface area contributed by atoms with E-state index in [0.717, 1.165) is 51.2 Å². The van der Waals surface area contributed by atoms with Gasteiger partial charge < -0.3 is 14.8 Å². The number of aryl methyl sites for hydroxylation is 1. The van der Waals surface area contributed by atoms with Crippen molar-refractivity contribution in [2.75, 3.05) is 26.9 Å². The molecule has 0 bridgehead atoms. The molecule has 1 N–H and O–H groups in total. The molecule has 20 heavy (non-hydrogen) atoms. The highest BCUT2D eigenvalue weighted by molar-refractivity contribution is 7.09. The van der Waals surface area contributed by atoms with Crippen molar-refractivity contribution in [3.8, 4) is 0 Å². The summed E-state index contributed by atoms with van der Waals surface area (Å²) in [6, 6.07) is 0.488. The average molecular weight is 296 g/mol. The zero-order valence-corrected chi connectivity index (χ0v) is 13.2. The molecule has 0 amide bonds. The Labute approximate surface area is 124 Å². The van der Waals surface area contributed by atoms with Gasteiger partial charge in [0, 0.05) is 43.2 Å². The summed E-state index contributed by atoms with van der Waals surface area (Å²) in [5.74, 6) is 0.652. The van der Waals surface area contributed by atoms with Crippen molar-refractivity contribution in [1.29, 1.82) is 0 Å². The van der Waals surface area contributed by atoms with Gasteiger partial charge in [0.1, 0.15) is 0 Å². The molecule has 3 unspecified atom stereocenters. The number of nitrogens with zero attached hydrogens (tertiary/aromatic N) is 1. The number of likely N-dealkylation sites (N-methyl/N-ethyl adjacent to an activating group) is 1. The fourth-order valence-corrected chi connectivity index (χ4v) is 4.29. The van der Waals surface area contributed by atoms with Crippen LogP contribution in [0.3, 0.4) is 0 Å². The highest BCUT2D eigenvalue weighted by Crippen LogP contribution is 2.37. The lowest BCUT2D eigenvalue weighted by atomic mass is 9.80. The Kier molecular flexibility index (Phi) is 4.40. The van der Waals surface area contributed by atoms with Gasteiger partial charge in [0.15, 0.2) is 0 Å². The molecule has 1 aromatic rings. The molecular formula is C15H24N2O2S. The quantitative estimate of drug-likeness (QED) is 0.925. The molecule has 0 aromatic carbocycles. The lowest BCUT2D eigenvalue weighted by molar-refractivity contribution is -0.102. The number of hydrogen-bond donors (Lipinski definition) is 1. The van der Waals surface area contributed by atoms with Gasteiger partial charge in [-0.25, -0.2) is 4.98 Å². The number of ether oxygens (including phenoxy) is 2. The topological polar surface area (TPSA) is 43.4 Å². The van der Waals surface area contributed by atoms with E-state index in [0.29, 0.717) is 12.0 Å². The first-order chi connectivity index (χ1) is 9.71. The first kappa shape index (κ1) is 14.4. The van der Waals surface area contributed by atoms with E-state index in [-0.39, 0.29) is 5.60 Å². The van der Waals surface area contributed by atoms with Crippen molar-refractivity contribution in [2.24, 2.45) is 5.92 Å². The van der Waals surface area contributed by atoms with Gasteiger partial charge in [-0.2, -0.15) is 0 Å². The fraction of sp³-hybridized carbons (Fsp3) is 0.800. The molecule has 0 radical (unpaired) electrons. The molecule has 3 atom stereocenters. The monoisotopic (exact) mass is 296 g/mol. The second-order valence-electron chi connectivity index (χ2n) is 6.07. The van der Waals surface area contributed by atoms with Gasteiger partial charge in [0.25, 0.3) is 0 Å². The van der Waals surface area contributed by atoms with Gasteiger partial charge in [-0.1, -0.05) is 0 Å². The van der Waals surface area contributed by atoms with Gasteiger partial charge >= 0.3 is 0 Å². The highest BCUT2D eigenvalue weighted by atomic mass is 32.1. The Morgan fingerprint density at radius 1 is 1.55 bits per heavy atom. The van der Waals surface area contributed by atoms with Gasteiger partial charge in [-0.15, -0.1) is 11.3 Å². The van der Waals surface area contributed by atoms with Gasteiger partial charge in [0.05, 0.1) is 17.2 Å². The van der Waals surface area contributed by atoms with Crippen molar-refractivity contribution < 1.29 is 9.47 Å². The van der Waals surface area contributed by atoms with Crippen LogP contribution in [0.2, 0.25) is 0 Å². The molecule has 2 aliphatic heterocycles. The van der Waals surface area contributed by atoms with E-state index in [2.05, 4.69) is 29.7 Å². The number of nitrogens with one attached hydrogen (secondary N) is 1. The number of aromatic nitrogens is 1. The minimum Gasteiger partial charge on any atom is -0.378 e. The first-order valence-corrected chi connectivity index (χ1v) is 8.39. The van der Waals surface area contributed by atoms with Crippen LogP contribution in [0, 0.1) is 12.8 Å². The van der Waals surface area contributed by atoms with E-state index in [1.807, 2.05) is 0 Å². The van der Waals surface area contributed by atoms with Crippen LogP contribution < -0.4 is 5.32 Å². The van der Waals surface area contributed by atoms with Crippen molar-refractivity contribution in [3.05, 3.63) is 16.1 Å². The summed E-state index contributed by atoms with van der Waals surface area (Å²) in [5, 5.41) is 6.88. The van der Waals surface area contributed by atoms with E-state index in [1.54, 1.807) is 11.3 Å². The molecule has 2 saturated heterocycles. The normalized spacial score (nSPS) is 31.8. The smallest absolute Gasteiger partial charge is 0.0943 e. The summed E-state index contributed by atoms with van der Waals surface area (Å²) in [7, 11) is 2.07. The van der Waals surface area contributed by atoms with Gasteiger partial charge in [-0.05, 0) is 32.7 Å². The first-order valence-electron chi connectivity index (χ1n) is 7.51. The third-order valence-electron chi connectivity index (χ3n) is 4.60. The van der Waals surface area contributed by atoms with Crippen LogP contribution in [0.5, 0.6) is 0 Å². The van der Waals surface area contributed by atoms with Crippen molar-refractivity contribution in [2.45, 2.75) is 44.2 Å². The van der Waals surface area contributed by atoms with Crippen LogP contribution >= 0.6 is 11.3 Å². The van der Waals surface area contributed by atoms with Crippen LogP contribution in [0.25, 0.3) is 0 Å². The Morgan fingerprint density at radius 2 is 2.45 bits per heavy atom. The molecule has 2 aliphatic rings. The maximum Gasteiger partial charge on any atom is 0.0943 e. The van der Waals surface area contributed by atoms with Gasteiger partial charge in [0.2, 0.25) is 0 Å². The Balaban J connectivity index is 1.65. The molecule has 4 nitrogen and oxygen atoms in total. The van der Waals surface area contributed by atoms with Gasteiger partial charge in [-0.3, -0.25) is 0 Å². The van der Waals surface area contributed by atoms with E-state index < -0.39 is 0 Å². The Hall–Kier alpha value is -0.490. The Bertz CT molecular complexity index is 443. The van der Waals surface area contributed by atoms with Crippen molar-refractivity contribution in [3.63, 3.8) is 0 Å². The number of rotatable bonds is 4. The molecule has 3 rings (SSSR count).